The second kappa shape index (κ2) is 5.02. The Hall–Kier alpha value is -1.13. The highest BCUT2D eigenvalue weighted by Crippen LogP contribution is 2.25. The molecule has 0 saturated carbocycles. The van der Waals surface area contributed by atoms with E-state index in [9.17, 15) is 9.90 Å². The van der Waals surface area contributed by atoms with Crippen LogP contribution in [0.15, 0.2) is 29.2 Å². The summed E-state index contributed by atoms with van der Waals surface area (Å²) in [6.45, 7) is 1.98. The summed E-state index contributed by atoms with van der Waals surface area (Å²) in [6, 6.07) is 3.78. The predicted molar refractivity (Wildman–Crippen MR) is 68.8 cm³/mol. The van der Waals surface area contributed by atoms with Crippen LogP contribution in [-0.4, -0.2) is 17.6 Å². The zero-order valence-electron chi connectivity index (χ0n) is 9.90. The highest BCUT2D eigenvalue weighted by molar-refractivity contribution is 7.10. The van der Waals surface area contributed by atoms with Gasteiger partial charge in [0, 0.05) is 10.5 Å². The molecule has 92 valence electrons. The number of carbonyl (C=O) groups excluding carboxylic acids is 1. The Labute approximate surface area is 105 Å². The molecule has 4 heteroatoms. The summed E-state index contributed by atoms with van der Waals surface area (Å²) in [5.74, 6) is -0.0423. The summed E-state index contributed by atoms with van der Waals surface area (Å²) in [5, 5.41) is 15.0. The Balaban J connectivity index is 1.91. The first-order chi connectivity index (χ1) is 8.09. The molecule has 0 spiro atoms. The highest BCUT2D eigenvalue weighted by Gasteiger charge is 2.25. The maximum Gasteiger partial charge on any atom is 0.246 e. The Morgan fingerprint density at radius 1 is 1.65 bits per heavy atom. The lowest BCUT2D eigenvalue weighted by Gasteiger charge is -2.22. The van der Waals surface area contributed by atoms with Gasteiger partial charge in [0.2, 0.25) is 5.91 Å². The van der Waals surface area contributed by atoms with E-state index >= 15 is 0 Å². The number of nitrogens with one attached hydrogen (secondary N) is 1. The number of rotatable bonds is 4. The van der Waals surface area contributed by atoms with Gasteiger partial charge in [-0.1, -0.05) is 12.1 Å². The average Bonchev–Trinajstić information content (AvgIpc) is 2.97. The van der Waals surface area contributed by atoms with Crippen molar-refractivity contribution in [1.29, 1.82) is 0 Å². The van der Waals surface area contributed by atoms with Crippen molar-refractivity contribution in [2.45, 2.75) is 31.8 Å². The van der Waals surface area contributed by atoms with Crippen LogP contribution in [-0.2, 0) is 10.4 Å². The van der Waals surface area contributed by atoms with Gasteiger partial charge in [0.25, 0.3) is 0 Å². The summed E-state index contributed by atoms with van der Waals surface area (Å²) >= 11 is 1.50. The Bertz CT molecular complexity index is 421. The summed E-state index contributed by atoms with van der Waals surface area (Å²) in [4.78, 5) is 12.6. The first kappa shape index (κ1) is 12.3. The third-order valence-electron chi connectivity index (χ3n) is 2.98. The van der Waals surface area contributed by atoms with Crippen LogP contribution in [0.25, 0.3) is 0 Å². The summed E-state index contributed by atoms with van der Waals surface area (Å²) < 4.78 is 0. The summed E-state index contributed by atoms with van der Waals surface area (Å²) in [7, 11) is 0. The molecule has 0 aromatic carbocycles. The lowest BCUT2D eigenvalue weighted by molar-refractivity contribution is -0.118. The molecule has 2 rings (SSSR count). The lowest BCUT2D eigenvalue weighted by Crippen LogP contribution is -2.38. The van der Waals surface area contributed by atoms with Gasteiger partial charge < -0.3 is 10.4 Å². The molecule has 0 aliphatic heterocycles. The SMILES string of the molecule is CC(O)(CNC(=O)C1=CCCC1)c1cccs1. The van der Waals surface area contributed by atoms with Crippen LogP contribution in [0.1, 0.15) is 31.1 Å². The van der Waals surface area contributed by atoms with E-state index in [1.54, 1.807) is 6.92 Å². The van der Waals surface area contributed by atoms with Crippen LogP contribution in [0.5, 0.6) is 0 Å². The van der Waals surface area contributed by atoms with Gasteiger partial charge in [-0.3, -0.25) is 4.79 Å². The minimum absolute atomic E-state index is 0.0423. The molecule has 1 aromatic rings. The molecule has 1 heterocycles. The van der Waals surface area contributed by atoms with Crippen molar-refractivity contribution < 1.29 is 9.90 Å². The molecule has 1 aromatic heterocycles. The molecule has 3 nitrogen and oxygen atoms in total. The number of hydrogen-bond donors (Lipinski definition) is 2. The van der Waals surface area contributed by atoms with E-state index in [0.717, 1.165) is 29.7 Å². The second-order valence-electron chi connectivity index (χ2n) is 4.56. The Kier molecular flexibility index (Phi) is 3.64. The van der Waals surface area contributed by atoms with Gasteiger partial charge in [0.05, 0.1) is 6.54 Å². The number of amides is 1. The van der Waals surface area contributed by atoms with Gasteiger partial charge in [0.15, 0.2) is 0 Å². The minimum atomic E-state index is -0.983. The number of thiophene rings is 1. The molecule has 17 heavy (non-hydrogen) atoms. The number of aliphatic hydroxyl groups is 1. The van der Waals surface area contributed by atoms with Gasteiger partial charge in [-0.05, 0) is 37.6 Å². The molecule has 1 aliphatic carbocycles. The topological polar surface area (TPSA) is 49.3 Å². The van der Waals surface area contributed by atoms with Crippen LogP contribution in [0, 0.1) is 0 Å². The fraction of sp³-hybridized carbons (Fsp3) is 0.462. The molecule has 1 atom stereocenters. The number of hydrogen-bond acceptors (Lipinski definition) is 3. The van der Waals surface area contributed by atoms with Crippen molar-refractivity contribution >= 4 is 17.2 Å². The van der Waals surface area contributed by atoms with E-state index in [4.69, 9.17) is 0 Å². The third-order valence-corrected chi connectivity index (χ3v) is 4.10. The lowest BCUT2D eigenvalue weighted by atomic mass is 10.1. The number of carbonyl (C=O) groups is 1. The first-order valence-corrected chi connectivity index (χ1v) is 6.71. The van der Waals surface area contributed by atoms with Crippen LogP contribution < -0.4 is 5.32 Å². The molecule has 1 amide bonds. The molecule has 1 unspecified atom stereocenters. The van der Waals surface area contributed by atoms with Crippen molar-refractivity contribution in [2.75, 3.05) is 6.54 Å². The van der Waals surface area contributed by atoms with Gasteiger partial charge in [-0.15, -0.1) is 11.3 Å². The zero-order valence-corrected chi connectivity index (χ0v) is 10.7. The second-order valence-corrected chi connectivity index (χ2v) is 5.50. The van der Waals surface area contributed by atoms with Gasteiger partial charge in [-0.2, -0.15) is 0 Å². The monoisotopic (exact) mass is 251 g/mol. The van der Waals surface area contributed by atoms with Crippen molar-refractivity contribution in [3.63, 3.8) is 0 Å². The minimum Gasteiger partial charge on any atom is -0.383 e. The van der Waals surface area contributed by atoms with Crippen LogP contribution >= 0.6 is 11.3 Å². The Morgan fingerprint density at radius 3 is 3.06 bits per heavy atom. The molecular weight excluding hydrogens is 234 g/mol. The van der Waals surface area contributed by atoms with E-state index in [1.165, 1.54) is 11.3 Å². The smallest absolute Gasteiger partial charge is 0.246 e. The molecule has 0 saturated heterocycles. The van der Waals surface area contributed by atoms with Crippen molar-refractivity contribution in [1.82, 2.24) is 5.32 Å². The standard InChI is InChI=1S/C13H17NO2S/c1-13(16,11-7-4-8-17-11)9-14-12(15)10-5-2-3-6-10/h4-5,7-8,16H,2-3,6,9H2,1H3,(H,14,15). The fourth-order valence-electron chi connectivity index (χ4n) is 1.92. The Morgan fingerprint density at radius 2 is 2.47 bits per heavy atom. The third kappa shape index (κ3) is 2.96. The van der Waals surface area contributed by atoms with Gasteiger partial charge >= 0.3 is 0 Å². The quantitative estimate of drug-likeness (QED) is 0.861. The van der Waals surface area contributed by atoms with E-state index in [1.807, 2.05) is 23.6 Å². The normalized spacial score (nSPS) is 18.6. The summed E-state index contributed by atoms with van der Waals surface area (Å²) in [6.07, 6.45) is 4.89. The van der Waals surface area contributed by atoms with Gasteiger partial charge in [-0.25, -0.2) is 0 Å². The van der Waals surface area contributed by atoms with E-state index in [0.29, 0.717) is 0 Å². The first-order valence-electron chi connectivity index (χ1n) is 5.83. The molecule has 0 fully saturated rings. The van der Waals surface area contributed by atoms with E-state index in [-0.39, 0.29) is 12.5 Å². The maximum atomic E-state index is 11.8. The van der Waals surface area contributed by atoms with Crippen molar-refractivity contribution in [3.05, 3.63) is 34.0 Å². The molecule has 0 radical (unpaired) electrons. The zero-order chi connectivity index (χ0) is 12.3. The van der Waals surface area contributed by atoms with Crippen LogP contribution in [0.4, 0.5) is 0 Å². The number of allylic oxidation sites excluding steroid dienone is 1. The summed E-state index contributed by atoms with van der Waals surface area (Å²) in [5.41, 5.74) is -0.129. The van der Waals surface area contributed by atoms with E-state index in [2.05, 4.69) is 5.32 Å². The molecule has 2 N–H and O–H groups in total. The maximum absolute atomic E-state index is 11.8. The fourth-order valence-corrected chi connectivity index (χ4v) is 2.70. The largest absolute Gasteiger partial charge is 0.383 e. The van der Waals surface area contributed by atoms with Crippen LogP contribution in [0.2, 0.25) is 0 Å². The molecule has 1 aliphatic rings. The van der Waals surface area contributed by atoms with Gasteiger partial charge in [0.1, 0.15) is 5.60 Å². The molecule has 0 bridgehead atoms. The predicted octanol–water partition coefficient (Wildman–Crippen LogP) is 2.18. The van der Waals surface area contributed by atoms with Crippen molar-refractivity contribution in [3.8, 4) is 0 Å². The molecular formula is C13H17NO2S. The van der Waals surface area contributed by atoms with Crippen LogP contribution in [0.3, 0.4) is 0 Å². The van der Waals surface area contributed by atoms with E-state index < -0.39 is 5.60 Å². The average molecular weight is 251 g/mol. The highest BCUT2D eigenvalue weighted by atomic mass is 32.1. The van der Waals surface area contributed by atoms with Crippen molar-refractivity contribution in [2.24, 2.45) is 0 Å².